The highest BCUT2D eigenvalue weighted by molar-refractivity contribution is 5.55. The summed E-state index contributed by atoms with van der Waals surface area (Å²) in [5.74, 6) is 0.876. The van der Waals surface area contributed by atoms with Crippen molar-refractivity contribution in [3.05, 3.63) is 86.5 Å². The zero-order chi connectivity index (χ0) is 27.7. The molecular weight excluding hydrogens is 456 g/mol. The monoisotopic (exact) mass is 502 g/mol. The second kappa shape index (κ2) is 10.8. The maximum absolute atomic E-state index is 11.5. The summed E-state index contributed by atoms with van der Waals surface area (Å²) < 4.78 is 0. The van der Waals surface area contributed by atoms with E-state index in [0.717, 1.165) is 58.2 Å². The molecule has 200 valence electrons. The van der Waals surface area contributed by atoms with Gasteiger partial charge >= 0.3 is 0 Å². The third-order valence-electron chi connectivity index (χ3n) is 7.43. The first-order chi connectivity index (χ1) is 17.2. The van der Waals surface area contributed by atoms with Crippen LogP contribution in [0.1, 0.15) is 112 Å². The van der Waals surface area contributed by atoms with Crippen molar-refractivity contribution in [3.8, 4) is 17.2 Å². The van der Waals surface area contributed by atoms with E-state index in [1.165, 1.54) is 11.1 Å². The number of phenols is 3. The number of benzene rings is 3. The summed E-state index contributed by atoms with van der Waals surface area (Å²) >= 11 is 0. The van der Waals surface area contributed by atoms with Gasteiger partial charge in [-0.3, -0.25) is 0 Å². The number of rotatable bonds is 7. The standard InChI is InChI=1S/C34H46O3/c1-10-21-13-24(19-26-15-22(11-2)17-28(31(26)36)33(4,5)6)30(35)25(14-21)20-27-16-23(12-3)18-29(32(27)37)34(7,8)9/h13-18,35-37H,10-12,19-20H2,1-9H3. The number of hydrogen-bond donors (Lipinski definition) is 3. The summed E-state index contributed by atoms with van der Waals surface area (Å²) in [6.07, 6.45) is 3.49. The van der Waals surface area contributed by atoms with Gasteiger partial charge in [-0.2, -0.15) is 0 Å². The Kier molecular flexibility index (Phi) is 8.37. The number of aryl methyl sites for hydroxylation is 3. The minimum atomic E-state index is -0.185. The van der Waals surface area contributed by atoms with Gasteiger partial charge in [0.25, 0.3) is 0 Å². The van der Waals surface area contributed by atoms with Crippen molar-refractivity contribution in [3.63, 3.8) is 0 Å². The highest BCUT2D eigenvalue weighted by Crippen LogP contribution is 2.40. The van der Waals surface area contributed by atoms with Crippen LogP contribution in [-0.2, 0) is 42.9 Å². The van der Waals surface area contributed by atoms with Gasteiger partial charge in [-0.05, 0) is 80.2 Å². The molecular formula is C34H46O3. The Balaban J connectivity index is 2.12. The molecule has 0 saturated carbocycles. The third kappa shape index (κ3) is 6.32. The molecule has 3 N–H and O–H groups in total. The van der Waals surface area contributed by atoms with Gasteiger partial charge < -0.3 is 15.3 Å². The van der Waals surface area contributed by atoms with Crippen LogP contribution in [0, 0.1) is 0 Å². The van der Waals surface area contributed by atoms with E-state index < -0.39 is 0 Å². The Hall–Kier alpha value is -2.94. The predicted octanol–water partition coefficient (Wildman–Crippen LogP) is 8.27. The fourth-order valence-electron chi connectivity index (χ4n) is 5.06. The van der Waals surface area contributed by atoms with Crippen LogP contribution in [0.2, 0.25) is 0 Å². The molecule has 3 rings (SSSR count). The first-order valence-corrected chi connectivity index (χ1v) is 13.7. The normalized spacial score (nSPS) is 12.2. The van der Waals surface area contributed by atoms with E-state index in [4.69, 9.17) is 0 Å². The second-order valence-electron chi connectivity index (χ2n) is 12.5. The van der Waals surface area contributed by atoms with E-state index in [1.54, 1.807) is 0 Å². The van der Waals surface area contributed by atoms with Crippen LogP contribution in [-0.4, -0.2) is 15.3 Å². The lowest BCUT2D eigenvalue weighted by molar-refractivity contribution is 0.438. The van der Waals surface area contributed by atoms with Gasteiger partial charge in [0.1, 0.15) is 17.2 Å². The summed E-state index contributed by atoms with van der Waals surface area (Å²) in [6.45, 7) is 19.0. The van der Waals surface area contributed by atoms with Crippen molar-refractivity contribution in [2.24, 2.45) is 0 Å². The molecule has 3 heteroatoms. The average molecular weight is 503 g/mol. The highest BCUT2D eigenvalue weighted by Gasteiger charge is 2.24. The molecule has 0 aliphatic rings. The van der Waals surface area contributed by atoms with E-state index in [9.17, 15) is 15.3 Å². The Morgan fingerprint density at radius 1 is 0.459 bits per heavy atom. The first kappa shape index (κ1) is 28.6. The largest absolute Gasteiger partial charge is 0.507 e. The van der Waals surface area contributed by atoms with Crippen LogP contribution >= 0.6 is 0 Å². The lowest BCUT2D eigenvalue weighted by Crippen LogP contribution is -2.13. The molecule has 0 amide bonds. The Labute approximate surface area is 224 Å². The van der Waals surface area contributed by atoms with E-state index in [2.05, 4.69) is 98.7 Å². The Bertz CT molecular complexity index is 1180. The molecule has 0 aliphatic heterocycles. The number of aromatic hydroxyl groups is 3. The smallest absolute Gasteiger partial charge is 0.122 e. The number of phenolic OH excluding ortho intramolecular Hbond substituents is 3. The zero-order valence-corrected chi connectivity index (χ0v) is 24.3. The van der Waals surface area contributed by atoms with E-state index in [0.29, 0.717) is 24.3 Å². The van der Waals surface area contributed by atoms with Crippen molar-refractivity contribution < 1.29 is 15.3 Å². The van der Waals surface area contributed by atoms with Crippen molar-refractivity contribution in [2.45, 2.75) is 105 Å². The molecule has 0 heterocycles. The van der Waals surface area contributed by atoms with E-state index in [-0.39, 0.29) is 16.6 Å². The van der Waals surface area contributed by atoms with E-state index in [1.807, 2.05) is 0 Å². The van der Waals surface area contributed by atoms with Gasteiger partial charge in [-0.1, -0.05) is 98.7 Å². The van der Waals surface area contributed by atoms with Crippen LogP contribution in [0.3, 0.4) is 0 Å². The van der Waals surface area contributed by atoms with Gasteiger partial charge in [0, 0.05) is 12.8 Å². The topological polar surface area (TPSA) is 60.7 Å². The molecule has 0 bridgehead atoms. The fourth-order valence-corrected chi connectivity index (χ4v) is 5.06. The second-order valence-corrected chi connectivity index (χ2v) is 12.5. The molecule has 3 nitrogen and oxygen atoms in total. The van der Waals surface area contributed by atoms with Crippen molar-refractivity contribution >= 4 is 0 Å². The molecule has 0 aliphatic carbocycles. The van der Waals surface area contributed by atoms with Crippen LogP contribution in [0.4, 0.5) is 0 Å². The van der Waals surface area contributed by atoms with Gasteiger partial charge in [-0.25, -0.2) is 0 Å². The maximum Gasteiger partial charge on any atom is 0.122 e. The summed E-state index contributed by atoms with van der Waals surface area (Å²) in [7, 11) is 0. The molecule has 0 radical (unpaired) electrons. The maximum atomic E-state index is 11.5. The van der Waals surface area contributed by atoms with Gasteiger partial charge in [0.05, 0.1) is 0 Å². The summed E-state index contributed by atoms with van der Waals surface area (Å²) in [4.78, 5) is 0. The molecule has 0 atom stereocenters. The third-order valence-corrected chi connectivity index (χ3v) is 7.43. The summed E-state index contributed by atoms with van der Waals surface area (Å²) in [6, 6.07) is 12.4. The Morgan fingerprint density at radius 2 is 0.730 bits per heavy atom. The van der Waals surface area contributed by atoms with Crippen LogP contribution in [0.25, 0.3) is 0 Å². The molecule has 0 aromatic heterocycles. The minimum Gasteiger partial charge on any atom is -0.507 e. The zero-order valence-electron chi connectivity index (χ0n) is 24.3. The van der Waals surface area contributed by atoms with Gasteiger partial charge in [0.15, 0.2) is 0 Å². The first-order valence-electron chi connectivity index (χ1n) is 13.7. The number of hydrogen-bond acceptors (Lipinski definition) is 3. The van der Waals surface area contributed by atoms with Crippen LogP contribution in [0.15, 0.2) is 36.4 Å². The van der Waals surface area contributed by atoms with E-state index >= 15 is 0 Å². The van der Waals surface area contributed by atoms with Crippen molar-refractivity contribution in [1.82, 2.24) is 0 Å². The van der Waals surface area contributed by atoms with Gasteiger partial charge in [0.2, 0.25) is 0 Å². The SMILES string of the molecule is CCc1cc(Cc2cc(CC)cc(C(C)(C)C)c2O)c(O)c(Cc2cc(CC)cc(C(C)(C)C)c2O)c1. The highest BCUT2D eigenvalue weighted by atomic mass is 16.3. The van der Waals surface area contributed by atoms with Crippen LogP contribution in [0.5, 0.6) is 17.2 Å². The van der Waals surface area contributed by atoms with Crippen molar-refractivity contribution in [1.29, 1.82) is 0 Å². The predicted molar refractivity (Wildman–Crippen MR) is 155 cm³/mol. The molecule has 3 aromatic rings. The fraction of sp³-hybridized carbons (Fsp3) is 0.471. The van der Waals surface area contributed by atoms with Crippen LogP contribution < -0.4 is 0 Å². The molecule has 0 saturated heterocycles. The van der Waals surface area contributed by atoms with Crippen molar-refractivity contribution in [2.75, 3.05) is 0 Å². The summed E-state index contributed by atoms with van der Waals surface area (Å²) in [5, 5.41) is 33.9. The van der Waals surface area contributed by atoms with Gasteiger partial charge in [-0.15, -0.1) is 0 Å². The Morgan fingerprint density at radius 3 is 1.00 bits per heavy atom. The molecule has 0 fully saturated rings. The molecule has 0 unspecified atom stereocenters. The quantitative estimate of drug-likeness (QED) is 0.305. The molecule has 3 aromatic carbocycles. The molecule has 37 heavy (non-hydrogen) atoms. The average Bonchev–Trinajstić information content (AvgIpc) is 2.82. The summed E-state index contributed by atoms with van der Waals surface area (Å²) in [5.41, 5.74) is 8.28. The lowest BCUT2D eigenvalue weighted by atomic mass is 9.82. The minimum absolute atomic E-state index is 0.185. The lowest BCUT2D eigenvalue weighted by Gasteiger charge is -2.24. The molecule has 0 spiro atoms.